The Labute approximate surface area is 180 Å². The van der Waals surface area contributed by atoms with Crippen LogP contribution in [0.25, 0.3) is 0 Å². The molecule has 2 aromatic carbocycles. The molecule has 31 heavy (non-hydrogen) atoms. The standard InChI is InChI=1S/C23H24N2O6/c1-15(2)20(23(28)30-13-16-9-5-3-6-10-16)25-21(27)19(24)22(25)31-18(26)14-29-17-11-7-4-8-12-17/h3-12,19,22H,13-14,24H2,1-2H3/t19-,22-/m1/s1. The number of allylic oxidation sites excluding steroid dienone is 1. The predicted molar refractivity (Wildman–Crippen MR) is 111 cm³/mol. The first-order chi connectivity index (χ1) is 14.9. The van der Waals surface area contributed by atoms with Crippen molar-refractivity contribution >= 4 is 17.8 Å². The van der Waals surface area contributed by atoms with E-state index in [1.165, 1.54) is 0 Å². The van der Waals surface area contributed by atoms with Crippen molar-refractivity contribution in [2.24, 2.45) is 5.73 Å². The van der Waals surface area contributed by atoms with E-state index in [1.54, 1.807) is 38.1 Å². The van der Waals surface area contributed by atoms with E-state index in [0.29, 0.717) is 11.3 Å². The fraction of sp³-hybridized carbons (Fsp3) is 0.261. The highest BCUT2D eigenvalue weighted by atomic mass is 16.6. The Kier molecular flexibility index (Phi) is 7.04. The molecule has 0 bridgehead atoms. The van der Waals surface area contributed by atoms with E-state index in [-0.39, 0.29) is 18.9 Å². The van der Waals surface area contributed by atoms with E-state index in [2.05, 4.69) is 0 Å². The monoisotopic (exact) mass is 424 g/mol. The number of carbonyl (C=O) groups is 3. The lowest BCUT2D eigenvalue weighted by molar-refractivity contribution is -0.187. The summed E-state index contributed by atoms with van der Waals surface area (Å²) in [5, 5.41) is 0. The summed E-state index contributed by atoms with van der Waals surface area (Å²) < 4.78 is 16.0. The van der Waals surface area contributed by atoms with Crippen LogP contribution in [-0.2, 0) is 30.5 Å². The summed E-state index contributed by atoms with van der Waals surface area (Å²) in [7, 11) is 0. The fourth-order valence-corrected chi connectivity index (χ4v) is 3.01. The highest BCUT2D eigenvalue weighted by Crippen LogP contribution is 2.28. The quantitative estimate of drug-likeness (QED) is 0.393. The van der Waals surface area contributed by atoms with Crippen LogP contribution in [0.4, 0.5) is 0 Å². The molecule has 0 aliphatic carbocycles. The van der Waals surface area contributed by atoms with Crippen molar-refractivity contribution in [2.75, 3.05) is 6.61 Å². The molecule has 1 fully saturated rings. The summed E-state index contributed by atoms with van der Waals surface area (Å²) in [5.41, 5.74) is 7.17. The van der Waals surface area contributed by atoms with Crippen molar-refractivity contribution in [3.63, 3.8) is 0 Å². The van der Waals surface area contributed by atoms with Gasteiger partial charge in [0, 0.05) is 0 Å². The Bertz CT molecular complexity index is 970. The van der Waals surface area contributed by atoms with Crippen LogP contribution in [0.15, 0.2) is 71.9 Å². The lowest BCUT2D eigenvalue weighted by Crippen LogP contribution is -2.70. The fourth-order valence-electron chi connectivity index (χ4n) is 3.01. The van der Waals surface area contributed by atoms with E-state index in [4.69, 9.17) is 19.9 Å². The molecule has 8 nitrogen and oxygen atoms in total. The van der Waals surface area contributed by atoms with E-state index >= 15 is 0 Å². The minimum atomic E-state index is -1.12. The van der Waals surface area contributed by atoms with Crippen molar-refractivity contribution in [1.29, 1.82) is 0 Å². The minimum Gasteiger partial charge on any atom is -0.482 e. The molecule has 0 spiro atoms. The largest absolute Gasteiger partial charge is 0.482 e. The third-order valence-electron chi connectivity index (χ3n) is 4.56. The Hall–Kier alpha value is -3.65. The zero-order valence-electron chi connectivity index (χ0n) is 17.3. The minimum absolute atomic E-state index is 0.00408. The number of esters is 2. The highest BCUT2D eigenvalue weighted by Gasteiger charge is 2.51. The lowest BCUT2D eigenvalue weighted by atomic mass is 10.0. The first-order valence-electron chi connectivity index (χ1n) is 9.73. The van der Waals surface area contributed by atoms with Gasteiger partial charge < -0.3 is 19.9 Å². The topological polar surface area (TPSA) is 108 Å². The molecule has 0 radical (unpaired) electrons. The number of nitrogens with two attached hydrogens (primary N) is 1. The Morgan fingerprint density at radius 2 is 1.61 bits per heavy atom. The van der Waals surface area contributed by atoms with E-state index in [1.807, 2.05) is 36.4 Å². The van der Waals surface area contributed by atoms with Crippen molar-refractivity contribution in [2.45, 2.75) is 32.7 Å². The molecule has 1 saturated heterocycles. The van der Waals surface area contributed by atoms with Gasteiger partial charge >= 0.3 is 11.9 Å². The second kappa shape index (κ2) is 9.90. The zero-order chi connectivity index (χ0) is 22.4. The number of benzene rings is 2. The summed E-state index contributed by atoms with van der Waals surface area (Å²) in [6.45, 7) is 3.00. The van der Waals surface area contributed by atoms with Crippen LogP contribution in [-0.4, -0.2) is 41.6 Å². The number of hydrogen-bond donors (Lipinski definition) is 1. The van der Waals surface area contributed by atoms with Crippen LogP contribution < -0.4 is 10.5 Å². The maximum Gasteiger partial charge on any atom is 0.355 e. The van der Waals surface area contributed by atoms with Crippen LogP contribution >= 0.6 is 0 Å². The van der Waals surface area contributed by atoms with Crippen molar-refractivity contribution < 1.29 is 28.6 Å². The first kappa shape index (κ1) is 22.0. The Morgan fingerprint density at radius 3 is 2.23 bits per heavy atom. The SMILES string of the molecule is CC(C)=C(C(=O)OCc1ccccc1)N1C(=O)[C@@H](N)[C@H]1OC(=O)COc1ccccc1. The molecule has 8 heteroatoms. The number of ether oxygens (including phenoxy) is 3. The molecule has 0 aromatic heterocycles. The molecular formula is C23H24N2O6. The van der Waals surface area contributed by atoms with Gasteiger partial charge in [-0.3, -0.25) is 9.69 Å². The lowest BCUT2D eigenvalue weighted by Gasteiger charge is -2.44. The number of β-lactam (4-membered cyclic amide) rings is 1. The first-order valence-corrected chi connectivity index (χ1v) is 9.73. The molecule has 162 valence electrons. The van der Waals surface area contributed by atoms with E-state index in [0.717, 1.165) is 10.5 Å². The molecule has 1 amide bonds. The molecule has 0 saturated carbocycles. The summed E-state index contributed by atoms with van der Waals surface area (Å²) in [5.74, 6) is -1.45. The third kappa shape index (κ3) is 5.29. The molecule has 2 atom stereocenters. The van der Waals surface area contributed by atoms with Gasteiger partial charge in [-0.15, -0.1) is 0 Å². The van der Waals surface area contributed by atoms with E-state index in [9.17, 15) is 14.4 Å². The van der Waals surface area contributed by atoms with Gasteiger partial charge in [0.1, 0.15) is 24.1 Å². The van der Waals surface area contributed by atoms with Gasteiger partial charge in [0.25, 0.3) is 5.91 Å². The average Bonchev–Trinajstić information content (AvgIpc) is 2.79. The van der Waals surface area contributed by atoms with Crippen LogP contribution in [0, 0.1) is 0 Å². The normalized spacial score (nSPS) is 17.4. The van der Waals surface area contributed by atoms with Crippen molar-refractivity contribution in [3.05, 3.63) is 77.5 Å². The number of rotatable bonds is 8. The number of amides is 1. The zero-order valence-corrected chi connectivity index (χ0v) is 17.3. The Balaban J connectivity index is 1.64. The molecule has 2 aromatic rings. The van der Waals surface area contributed by atoms with E-state index < -0.39 is 30.1 Å². The number of para-hydroxylation sites is 1. The number of carbonyl (C=O) groups excluding carboxylic acids is 3. The number of nitrogens with zero attached hydrogens (tertiary/aromatic N) is 1. The van der Waals surface area contributed by atoms with Gasteiger partial charge in [0.05, 0.1) is 0 Å². The molecule has 1 aliphatic heterocycles. The van der Waals surface area contributed by atoms with Crippen LogP contribution in [0.3, 0.4) is 0 Å². The molecule has 1 aliphatic rings. The smallest absolute Gasteiger partial charge is 0.355 e. The van der Waals surface area contributed by atoms with Gasteiger partial charge in [-0.1, -0.05) is 48.5 Å². The molecule has 1 heterocycles. The maximum atomic E-state index is 12.7. The van der Waals surface area contributed by atoms with Crippen molar-refractivity contribution in [3.8, 4) is 5.75 Å². The maximum absolute atomic E-state index is 12.7. The van der Waals surface area contributed by atoms with Crippen LogP contribution in [0.1, 0.15) is 19.4 Å². The second-order valence-corrected chi connectivity index (χ2v) is 7.13. The van der Waals surface area contributed by atoms with Crippen LogP contribution in [0.2, 0.25) is 0 Å². The van der Waals surface area contributed by atoms with Gasteiger partial charge in [-0.2, -0.15) is 0 Å². The molecular weight excluding hydrogens is 400 g/mol. The predicted octanol–water partition coefficient (Wildman–Crippen LogP) is 2.14. The number of hydrogen-bond acceptors (Lipinski definition) is 7. The third-order valence-corrected chi connectivity index (χ3v) is 4.56. The summed E-state index contributed by atoms with van der Waals surface area (Å²) in [4.78, 5) is 38.4. The van der Waals surface area contributed by atoms with Gasteiger partial charge in [-0.05, 0) is 37.1 Å². The van der Waals surface area contributed by atoms with Gasteiger partial charge in [0.15, 0.2) is 6.61 Å². The Morgan fingerprint density at radius 1 is 1.00 bits per heavy atom. The summed E-state index contributed by atoms with van der Waals surface area (Å²) >= 11 is 0. The van der Waals surface area contributed by atoms with Gasteiger partial charge in [0.2, 0.25) is 6.23 Å². The molecule has 3 rings (SSSR count). The summed E-state index contributed by atoms with van der Waals surface area (Å²) in [6, 6.07) is 16.8. The van der Waals surface area contributed by atoms with Crippen LogP contribution in [0.5, 0.6) is 5.75 Å². The highest BCUT2D eigenvalue weighted by molar-refractivity contribution is 6.00. The summed E-state index contributed by atoms with van der Waals surface area (Å²) in [6.07, 6.45) is -1.12. The second-order valence-electron chi connectivity index (χ2n) is 7.13. The molecule has 0 unspecified atom stereocenters. The average molecular weight is 424 g/mol. The molecule has 2 N–H and O–H groups in total. The van der Waals surface area contributed by atoms with Crippen molar-refractivity contribution in [1.82, 2.24) is 4.90 Å². The number of likely N-dealkylation sites (tertiary alicyclic amines) is 1. The van der Waals surface area contributed by atoms with Gasteiger partial charge in [-0.25, -0.2) is 9.59 Å².